The van der Waals surface area contributed by atoms with Crippen molar-refractivity contribution in [3.8, 4) is 28.9 Å². The Hall–Kier alpha value is -3.58. The lowest BCUT2D eigenvalue weighted by molar-refractivity contribution is 0.122. The van der Waals surface area contributed by atoms with Gasteiger partial charge in [-0.1, -0.05) is 12.4 Å². The Kier molecular flexibility index (Phi) is 6.11. The summed E-state index contributed by atoms with van der Waals surface area (Å²) in [5.41, 5.74) is 3.56. The largest absolute Gasteiger partial charge is 0.493 e. The van der Waals surface area contributed by atoms with Crippen LogP contribution in [0.5, 0.6) is 11.5 Å². The van der Waals surface area contributed by atoms with E-state index in [-0.39, 0.29) is 6.71 Å². The molecule has 0 spiro atoms. The van der Waals surface area contributed by atoms with Gasteiger partial charge in [-0.05, 0) is 36.5 Å². The molecule has 174 valence electrons. The maximum Gasteiger partial charge on any atom is 0.271 e. The summed E-state index contributed by atoms with van der Waals surface area (Å²) in [4.78, 5) is 17.1. The molecule has 34 heavy (non-hydrogen) atoms. The zero-order valence-corrected chi connectivity index (χ0v) is 19.7. The van der Waals surface area contributed by atoms with Crippen molar-refractivity contribution in [3.63, 3.8) is 0 Å². The Morgan fingerprint density at radius 2 is 1.88 bits per heavy atom. The smallest absolute Gasteiger partial charge is 0.271 e. The summed E-state index contributed by atoms with van der Waals surface area (Å²) in [6.45, 7) is 2.87. The zero-order valence-electron chi connectivity index (χ0n) is 19.7. The van der Waals surface area contributed by atoms with Gasteiger partial charge in [0, 0.05) is 31.7 Å². The van der Waals surface area contributed by atoms with Gasteiger partial charge in [0.15, 0.2) is 34.3 Å². The van der Waals surface area contributed by atoms with Crippen molar-refractivity contribution in [2.45, 2.75) is 19.1 Å². The van der Waals surface area contributed by atoms with Crippen LogP contribution in [-0.2, 0) is 11.8 Å². The number of aromatic nitrogens is 4. The van der Waals surface area contributed by atoms with Gasteiger partial charge in [0.1, 0.15) is 5.82 Å². The average Bonchev–Trinajstić information content (AvgIpc) is 3.24. The van der Waals surface area contributed by atoms with E-state index < -0.39 is 0 Å². The number of methoxy groups -OCH3 is 2. The third-order valence-corrected chi connectivity index (χ3v) is 6.53. The average molecular weight is 458 g/mol. The molecule has 4 heterocycles. The number of morpholine rings is 1. The molecule has 1 fully saturated rings. The molecular formula is C24H27BN6O3. The predicted molar refractivity (Wildman–Crippen MR) is 131 cm³/mol. The highest BCUT2D eigenvalue weighted by atomic mass is 16.5. The Balaban J connectivity index is 1.66. The van der Waals surface area contributed by atoms with Crippen molar-refractivity contribution in [2.75, 3.05) is 45.4 Å². The van der Waals surface area contributed by atoms with Gasteiger partial charge in [-0.25, -0.2) is 20.2 Å². The molecule has 0 aliphatic carbocycles. The summed E-state index contributed by atoms with van der Waals surface area (Å²) in [6.07, 6.45) is 4.59. The zero-order chi connectivity index (χ0) is 23.7. The number of hydrogen-bond donors (Lipinski definition) is 0. The molecule has 2 aliphatic rings. The fourth-order valence-electron chi connectivity index (χ4n) is 4.59. The van der Waals surface area contributed by atoms with E-state index in [2.05, 4.69) is 16.9 Å². The highest BCUT2D eigenvalue weighted by molar-refractivity contribution is 6.67. The van der Waals surface area contributed by atoms with E-state index >= 15 is 0 Å². The van der Waals surface area contributed by atoms with E-state index in [1.165, 1.54) is 0 Å². The van der Waals surface area contributed by atoms with E-state index in [1.54, 1.807) is 14.2 Å². The lowest BCUT2D eigenvalue weighted by Crippen LogP contribution is -2.37. The first-order valence-corrected chi connectivity index (χ1v) is 11.5. The van der Waals surface area contributed by atoms with Crippen LogP contribution in [0, 0.1) is 11.2 Å². The molecular weight excluding hydrogens is 431 g/mol. The number of imidazole rings is 1. The monoisotopic (exact) mass is 458 g/mol. The number of rotatable bonds is 5. The maximum atomic E-state index is 9.26. The van der Waals surface area contributed by atoms with Gasteiger partial charge < -0.3 is 23.7 Å². The Morgan fingerprint density at radius 1 is 1.09 bits per heavy atom. The van der Waals surface area contributed by atoms with Gasteiger partial charge in [0.25, 0.3) is 6.71 Å². The fraction of sp³-hybridized carbons (Fsp3) is 0.417. The van der Waals surface area contributed by atoms with Crippen molar-refractivity contribution < 1.29 is 14.2 Å². The van der Waals surface area contributed by atoms with Crippen molar-refractivity contribution >= 4 is 29.3 Å². The van der Waals surface area contributed by atoms with Crippen LogP contribution in [0.15, 0.2) is 24.3 Å². The number of aryl methyl sites for hydroxylation is 1. The van der Waals surface area contributed by atoms with Crippen LogP contribution in [0.4, 0.5) is 5.82 Å². The first-order valence-electron chi connectivity index (χ1n) is 11.5. The van der Waals surface area contributed by atoms with Crippen molar-refractivity contribution in [3.05, 3.63) is 30.1 Å². The summed E-state index contributed by atoms with van der Waals surface area (Å²) >= 11 is 0. The molecule has 9 nitrogen and oxygen atoms in total. The first-order chi connectivity index (χ1) is 16.6. The van der Waals surface area contributed by atoms with Gasteiger partial charge in [0.2, 0.25) is 0 Å². The maximum absolute atomic E-state index is 9.26. The molecule has 10 heteroatoms. The molecule has 3 aromatic rings. The molecule has 0 saturated carbocycles. The van der Waals surface area contributed by atoms with Crippen LogP contribution in [0.1, 0.15) is 12.2 Å². The number of ether oxygens (including phenoxy) is 3. The minimum absolute atomic E-state index is 0.0822. The molecule has 1 saturated heterocycles. The van der Waals surface area contributed by atoms with Crippen molar-refractivity contribution in [1.29, 1.82) is 5.26 Å². The summed E-state index contributed by atoms with van der Waals surface area (Å²) in [6, 6.07) is 5.70. The standard InChI is InChI=1S/C24H27BN6O3/c1-30-22(16-6-8-25(15-26)9-7-16)27-20-23(30)28-21(29-24(20)31-10-12-34-13-11-31)17-4-5-18(32-2)19(14-17)33-3/h4-6,14H,7-13H2,1-3H3. The van der Waals surface area contributed by atoms with Crippen molar-refractivity contribution in [2.24, 2.45) is 7.05 Å². The first kappa shape index (κ1) is 22.2. The molecule has 2 aromatic heterocycles. The van der Waals surface area contributed by atoms with E-state index in [0.29, 0.717) is 30.5 Å². The van der Waals surface area contributed by atoms with E-state index in [1.807, 2.05) is 29.8 Å². The van der Waals surface area contributed by atoms with Crippen LogP contribution >= 0.6 is 0 Å². The lowest BCUT2D eigenvalue weighted by atomic mass is 9.44. The molecule has 1 aromatic carbocycles. The number of benzene rings is 1. The minimum Gasteiger partial charge on any atom is -0.493 e. The SMILES string of the molecule is COc1ccc(-c2nc(N3CCOCC3)c3nc(C4=CCB(C#N)CC4)n(C)c3n2)cc1OC. The topological polar surface area (TPSA) is 98.3 Å². The molecule has 2 aliphatic heterocycles. The van der Waals surface area contributed by atoms with E-state index in [4.69, 9.17) is 29.2 Å². The van der Waals surface area contributed by atoms with Crippen LogP contribution in [0.3, 0.4) is 0 Å². The summed E-state index contributed by atoms with van der Waals surface area (Å²) in [5.74, 6) is 5.97. The fourth-order valence-corrected chi connectivity index (χ4v) is 4.59. The summed E-state index contributed by atoms with van der Waals surface area (Å²) in [7, 11) is 5.23. The molecule has 0 unspecified atom stereocenters. The predicted octanol–water partition coefficient (Wildman–Crippen LogP) is 3.23. The van der Waals surface area contributed by atoms with E-state index in [0.717, 1.165) is 66.1 Å². The third kappa shape index (κ3) is 3.97. The summed E-state index contributed by atoms with van der Waals surface area (Å²) < 4.78 is 18.5. The molecule has 5 rings (SSSR count). The number of anilines is 1. The molecule has 0 radical (unpaired) electrons. The van der Waals surface area contributed by atoms with Crippen LogP contribution in [0.25, 0.3) is 28.1 Å². The molecule has 0 amide bonds. The van der Waals surface area contributed by atoms with Gasteiger partial charge in [-0.3, -0.25) is 0 Å². The quantitative estimate of drug-likeness (QED) is 0.538. The van der Waals surface area contributed by atoms with Crippen molar-refractivity contribution in [1.82, 2.24) is 19.5 Å². The highest BCUT2D eigenvalue weighted by Gasteiger charge is 2.26. The van der Waals surface area contributed by atoms with Gasteiger partial charge in [-0.2, -0.15) is 0 Å². The van der Waals surface area contributed by atoms with Gasteiger partial charge in [0.05, 0.1) is 27.4 Å². The van der Waals surface area contributed by atoms with Gasteiger partial charge >= 0.3 is 0 Å². The number of hydrogen-bond acceptors (Lipinski definition) is 8. The Bertz CT molecular complexity index is 1290. The van der Waals surface area contributed by atoms with Crippen LogP contribution in [-0.4, -0.2) is 66.8 Å². The summed E-state index contributed by atoms with van der Waals surface area (Å²) in [5, 5.41) is 9.26. The van der Waals surface area contributed by atoms with Gasteiger partial charge in [-0.15, -0.1) is 0 Å². The number of nitrogens with zero attached hydrogens (tertiary/aromatic N) is 6. The number of nitriles is 1. The normalized spacial score (nSPS) is 16.4. The third-order valence-electron chi connectivity index (χ3n) is 6.53. The van der Waals surface area contributed by atoms with Crippen LogP contribution < -0.4 is 14.4 Å². The Morgan fingerprint density at radius 3 is 2.56 bits per heavy atom. The number of fused-ring (bicyclic) bond motifs is 1. The van der Waals surface area contributed by atoms with Crippen LogP contribution in [0.2, 0.25) is 12.6 Å². The molecule has 0 bridgehead atoms. The number of allylic oxidation sites excluding steroid dienone is 2. The van der Waals surface area contributed by atoms with E-state index in [9.17, 15) is 5.26 Å². The second-order valence-corrected chi connectivity index (χ2v) is 8.54. The second-order valence-electron chi connectivity index (χ2n) is 8.54. The lowest BCUT2D eigenvalue weighted by Gasteiger charge is -2.28. The second kappa shape index (κ2) is 9.35. The molecule has 0 atom stereocenters. The molecule has 0 N–H and O–H groups in total. The highest BCUT2D eigenvalue weighted by Crippen LogP contribution is 2.35. The minimum atomic E-state index is 0.0822. The Labute approximate surface area is 199 Å².